The molecule has 1 amide bonds. The number of pyridine rings is 1. The number of halogens is 1. The van der Waals surface area contributed by atoms with Gasteiger partial charge in [0.1, 0.15) is 5.15 Å². The number of aryl methyl sites for hydroxylation is 3. The van der Waals surface area contributed by atoms with Crippen molar-refractivity contribution in [3.8, 4) is 0 Å². The van der Waals surface area contributed by atoms with E-state index in [2.05, 4.69) is 10.3 Å². The number of aromatic nitrogens is 1. The third kappa shape index (κ3) is 2.91. The van der Waals surface area contributed by atoms with Crippen molar-refractivity contribution in [3.63, 3.8) is 0 Å². The topological polar surface area (TPSA) is 68.0 Å². The summed E-state index contributed by atoms with van der Waals surface area (Å²) in [7, 11) is 0. The third-order valence-corrected chi connectivity index (χ3v) is 3.27. The van der Waals surface area contributed by atoms with Gasteiger partial charge in [0.2, 0.25) is 0 Å². The molecule has 2 aromatic rings. The minimum atomic E-state index is -0.290. The van der Waals surface area contributed by atoms with Crippen LogP contribution in [0.25, 0.3) is 0 Å². The van der Waals surface area contributed by atoms with Crippen LogP contribution in [0.1, 0.15) is 27.0 Å². The second-order valence-corrected chi connectivity index (χ2v) is 5.21. The van der Waals surface area contributed by atoms with Crippen molar-refractivity contribution in [3.05, 3.63) is 51.8 Å². The van der Waals surface area contributed by atoms with Gasteiger partial charge in [0.15, 0.2) is 0 Å². The normalized spacial score (nSPS) is 10.4. The zero-order valence-corrected chi connectivity index (χ0v) is 12.4. The van der Waals surface area contributed by atoms with E-state index in [-0.39, 0.29) is 11.1 Å². The first-order valence-corrected chi connectivity index (χ1v) is 6.56. The van der Waals surface area contributed by atoms with Crippen LogP contribution in [-0.2, 0) is 0 Å². The second kappa shape index (κ2) is 5.51. The molecule has 0 radical (unpaired) electrons. The van der Waals surface area contributed by atoms with Crippen LogP contribution in [0.5, 0.6) is 0 Å². The van der Waals surface area contributed by atoms with Gasteiger partial charge in [0.25, 0.3) is 5.91 Å². The largest absolute Gasteiger partial charge is 0.397 e. The molecule has 4 nitrogen and oxygen atoms in total. The van der Waals surface area contributed by atoms with Crippen molar-refractivity contribution in [1.29, 1.82) is 0 Å². The van der Waals surface area contributed by atoms with Crippen LogP contribution in [0, 0.1) is 20.8 Å². The Bertz CT molecular complexity index is 660. The molecule has 0 fully saturated rings. The van der Waals surface area contributed by atoms with Crippen LogP contribution in [0.2, 0.25) is 5.15 Å². The molecule has 2 rings (SSSR count). The number of hydrogen-bond donors (Lipinski definition) is 2. The smallest absolute Gasteiger partial charge is 0.257 e. The molecular weight excluding hydrogens is 274 g/mol. The van der Waals surface area contributed by atoms with Crippen molar-refractivity contribution in [2.45, 2.75) is 20.8 Å². The molecule has 104 valence electrons. The molecule has 0 saturated heterocycles. The SMILES string of the molecule is Cc1cc(C)c(NC(=O)c2cc(Cl)ncc2N)c(C)c1. The highest BCUT2D eigenvalue weighted by Crippen LogP contribution is 2.24. The Labute approximate surface area is 123 Å². The maximum Gasteiger partial charge on any atom is 0.257 e. The fourth-order valence-corrected chi connectivity index (χ4v) is 2.35. The maximum atomic E-state index is 12.3. The first-order valence-electron chi connectivity index (χ1n) is 6.18. The van der Waals surface area contributed by atoms with E-state index in [1.807, 2.05) is 32.9 Å². The quantitative estimate of drug-likeness (QED) is 0.832. The number of nitrogens with zero attached hydrogens (tertiary/aromatic N) is 1. The van der Waals surface area contributed by atoms with Gasteiger partial charge in [0.05, 0.1) is 17.4 Å². The first-order chi connectivity index (χ1) is 9.38. The molecule has 0 aliphatic rings. The van der Waals surface area contributed by atoms with E-state index in [9.17, 15) is 4.79 Å². The molecule has 3 N–H and O–H groups in total. The predicted molar refractivity (Wildman–Crippen MR) is 82.3 cm³/mol. The van der Waals surface area contributed by atoms with Crippen LogP contribution in [0.3, 0.4) is 0 Å². The van der Waals surface area contributed by atoms with Crippen molar-refractivity contribution < 1.29 is 4.79 Å². The summed E-state index contributed by atoms with van der Waals surface area (Å²) in [6.07, 6.45) is 1.38. The lowest BCUT2D eigenvalue weighted by Crippen LogP contribution is -2.16. The molecule has 1 aromatic carbocycles. The number of nitrogen functional groups attached to an aromatic ring is 1. The molecule has 0 aliphatic carbocycles. The number of carbonyl (C=O) groups excluding carboxylic acids is 1. The lowest BCUT2D eigenvalue weighted by atomic mass is 10.0. The first kappa shape index (κ1) is 14.3. The van der Waals surface area contributed by atoms with E-state index in [1.54, 1.807) is 0 Å². The molecule has 20 heavy (non-hydrogen) atoms. The average molecular weight is 290 g/mol. The summed E-state index contributed by atoms with van der Waals surface area (Å²) in [5.74, 6) is -0.290. The Morgan fingerprint density at radius 3 is 2.40 bits per heavy atom. The molecule has 5 heteroatoms. The van der Waals surface area contributed by atoms with Gasteiger partial charge < -0.3 is 11.1 Å². The van der Waals surface area contributed by atoms with Crippen LogP contribution < -0.4 is 11.1 Å². The van der Waals surface area contributed by atoms with Crippen LogP contribution >= 0.6 is 11.6 Å². The third-order valence-electron chi connectivity index (χ3n) is 3.06. The van der Waals surface area contributed by atoms with Gasteiger partial charge in [-0.25, -0.2) is 4.98 Å². The zero-order valence-electron chi connectivity index (χ0n) is 11.6. The van der Waals surface area contributed by atoms with Crippen molar-refractivity contribution >= 4 is 28.9 Å². The molecule has 0 saturated carbocycles. The van der Waals surface area contributed by atoms with E-state index >= 15 is 0 Å². The predicted octanol–water partition coefficient (Wildman–Crippen LogP) is 3.49. The monoisotopic (exact) mass is 289 g/mol. The van der Waals surface area contributed by atoms with Gasteiger partial charge in [-0.2, -0.15) is 0 Å². The summed E-state index contributed by atoms with van der Waals surface area (Å²) in [4.78, 5) is 16.1. The standard InChI is InChI=1S/C15H16ClN3O/c1-8-4-9(2)14(10(3)5-8)19-15(20)11-6-13(16)18-7-12(11)17/h4-7H,17H2,1-3H3,(H,19,20). The minimum Gasteiger partial charge on any atom is -0.397 e. The summed E-state index contributed by atoms with van der Waals surface area (Å²) in [6, 6.07) is 5.50. The second-order valence-electron chi connectivity index (χ2n) is 4.82. The lowest BCUT2D eigenvalue weighted by Gasteiger charge is -2.13. The summed E-state index contributed by atoms with van der Waals surface area (Å²) in [5, 5.41) is 3.12. The van der Waals surface area contributed by atoms with Gasteiger partial charge in [-0.1, -0.05) is 29.3 Å². The summed E-state index contributed by atoms with van der Waals surface area (Å²) in [6.45, 7) is 5.93. The Kier molecular flexibility index (Phi) is 3.95. The number of nitrogens with one attached hydrogen (secondary N) is 1. The van der Waals surface area contributed by atoms with Gasteiger partial charge in [-0.15, -0.1) is 0 Å². The van der Waals surface area contributed by atoms with Crippen LogP contribution in [0.15, 0.2) is 24.4 Å². The molecule has 1 heterocycles. The van der Waals surface area contributed by atoms with Crippen molar-refractivity contribution in [1.82, 2.24) is 4.98 Å². The van der Waals surface area contributed by atoms with Gasteiger partial charge in [0, 0.05) is 5.69 Å². The van der Waals surface area contributed by atoms with E-state index < -0.39 is 0 Å². The Morgan fingerprint density at radius 2 is 1.80 bits per heavy atom. The molecule has 0 atom stereocenters. The van der Waals surface area contributed by atoms with Crippen molar-refractivity contribution in [2.75, 3.05) is 11.1 Å². The summed E-state index contributed by atoms with van der Waals surface area (Å²) in [5.41, 5.74) is 10.4. The maximum absolute atomic E-state index is 12.3. The van der Waals surface area contributed by atoms with Crippen LogP contribution in [0.4, 0.5) is 11.4 Å². The van der Waals surface area contributed by atoms with Crippen molar-refractivity contribution in [2.24, 2.45) is 0 Å². The number of nitrogens with two attached hydrogens (primary N) is 1. The van der Waals surface area contributed by atoms with Crippen LogP contribution in [-0.4, -0.2) is 10.9 Å². The number of benzene rings is 1. The number of carbonyl (C=O) groups is 1. The lowest BCUT2D eigenvalue weighted by molar-refractivity contribution is 0.102. The summed E-state index contributed by atoms with van der Waals surface area (Å²) < 4.78 is 0. The van der Waals surface area contributed by atoms with Gasteiger partial charge in [-0.3, -0.25) is 4.79 Å². The molecule has 0 aliphatic heterocycles. The molecule has 1 aromatic heterocycles. The Hall–Kier alpha value is -2.07. The number of amides is 1. The highest BCUT2D eigenvalue weighted by molar-refractivity contribution is 6.30. The highest BCUT2D eigenvalue weighted by atomic mass is 35.5. The Morgan fingerprint density at radius 1 is 1.20 bits per heavy atom. The Balaban J connectivity index is 2.35. The summed E-state index contributed by atoms with van der Waals surface area (Å²) >= 11 is 5.80. The van der Waals surface area contributed by atoms with E-state index in [0.29, 0.717) is 11.3 Å². The average Bonchev–Trinajstić information content (AvgIpc) is 2.36. The number of anilines is 2. The fourth-order valence-electron chi connectivity index (χ4n) is 2.20. The van der Waals surface area contributed by atoms with Gasteiger partial charge >= 0.3 is 0 Å². The zero-order chi connectivity index (χ0) is 14.9. The molecule has 0 unspecified atom stereocenters. The molecular formula is C15H16ClN3O. The minimum absolute atomic E-state index is 0.238. The van der Waals surface area contributed by atoms with Gasteiger partial charge in [-0.05, 0) is 38.0 Å². The van der Waals surface area contributed by atoms with E-state index in [4.69, 9.17) is 17.3 Å². The highest BCUT2D eigenvalue weighted by Gasteiger charge is 2.14. The molecule has 0 bridgehead atoms. The van der Waals surface area contributed by atoms with E-state index in [1.165, 1.54) is 12.3 Å². The fraction of sp³-hybridized carbons (Fsp3) is 0.200. The molecule has 0 spiro atoms. The number of hydrogen-bond acceptors (Lipinski definition) is 3. The van der Waals surface area contributed by atoms with E-state index in [0.717, 1.165) is 22.4 Å². The number of rotatable bonds is 2.